The lowest BCUT2D eigenvalue weighted by Gasteiger charge is -2.36. The van der Waals surface area contributed by atoms with E-state index in [4.69, 9.17) is 9.16 Å². The Kier molecular flexibility index (Phi) is 5.96. The van der Waals surface area contributed by atoms with Crippen LogP contribution >= 0.6 is 0 Å². The summed E-state index contributed by atoms with van der Waals surface area (Å²) in [6.07, 6.45) is 0.201. The van der Waals surface area contributed by atoms with Gasteiger partial charge in [-0.2, -0.15) is 0 Å². The molecule has 0 aromatic rings. The van der Waals surface area contributed by atoms with E-state index < -0.39 is 20.4 Å². The lowest BCUT2D eigenvalue weighted by molar-refractivity contribution is -0.151. The van der Waals surface area contributed by atoms with Gasteiger partial charge in [0.2, 0.25) is 0 Å². The number of Topliss-reactive ketones (excluding diaryl/α,β-unsaturated/α-hetero) is 1. The van der Waals surface area contributed by atoms with E-state index in [1.165, 1.54) is 6.92 Å². The van der Waals surface area contributed by atoms with Crippen LogP contribution in [-0.2, 0) is 18.8 Å². The van der Waals surface area contributed by atoms with Crippen LogP contribution in [0.2, 0.25) is 18.1 Å². The van der Waals surface area contributed by atoms with E-state index >= 15 is 0 Å². The average molecular weight is 272 g/mol. The third-order valence-corrected chi connectivity index (χ3v) is 7.78. The van der Waals surface area contributed by atoms with Crippen molar-refractivity contribution in [2.45, 2.75) is 51.9 Å². The SMILES string of the molecule is C=CC(=O)O[C@H](CO[Si](C)(C)C(C)(C)C)C(C)=O. The Morgan fingerprint density at radius 1 is 1.33 bits per heavy atom. The van der Waals surface area contributed by atoms with Crippen LogP contribution < -0.4 is 0 Å². The lowest BCUT2D eigenvalue weighted by Crippen LogP contribution is -2.44. The third-order valence-electron chi connectivity index (χ3n) is 3.28. The second kappa shape index (κ2) is 6.29. The fourth-order valence-electron chi connectivity index (χ4n) is 0.923. The highest BCUT2D eigenvalue weighted by Gasteiger charge is 2.38. The first-order chi connectivity index (χ1) is 8.01. The first-order valence-corrected chi connectivity index (χ1v) is 8.89. The summed E-state index contributed by atoms with van der Waals surface area (Å²) in [7, 11) is -1.94. The van der Waals surface area contributed by atoms with Gasteiger partial charge in [-0.05, 0) is 25.1 Å². The molecule has 104 valence electrons. The number of esters is 1. The molecule has 0 aromatic heterocycles. The number of carbonyl (C=O) groups excluding carboxylic acids is 2. The number of ketones is 1. The van der Waals surface area contributed by atoms with Gasteiger partial charge < -0.3 is 9.16 Å². The van der Waals surface area contributed by atoms with Gasteiger partial charge in [-0.15, -0.1) is 0 Å². The summed E-state index contributed by atoms with van der Waals surface area (Å²) >= 11 is 0. The monoisotopic (exact) mass is 272 g/mol. The van der Waals surface area contributed by atoms with Crippen LogP contribution in [0.15, 0.2) is 12.7 Å². The first kappa shape index (κ1) is 17.1. The van der Waals surface area contributed by atoms with Crippen molar-refractivity contribution in [2.75, 3.05) is 6.61 Å². The standard InChI is InChI=1S/C13H24O4Si/c1-8-12(15)17-11(10(2)14)9-16-18(6,7)13(3,4)5/h8,11H,1,9H2,2-7H3/t11-/m1/s1. The molecule has 0 bridgehead atoms. The first-order valence-electron chi connectivity index (χ1n) is 5.98. The molecular weight excluding hydrogens is 248 g/mol. The Hall–Kier alpha value is -0.943. The Morgan fingerprint density at radius 2 is 1.83 bits per heavy atom. The molecule has 5 heteroatoms. The Balaban J connectivity index is 4.59. The second-order valence-corrected chi connectivity index (χ2v) is 10.6. The van der Waals surface area contributed by atoms with E-state index in [0.29, 0.717) is 0 Å². The molecule has 0 saturated carbocycles. The van der Waals surface area contributed by atoms with Crippen molar-refractivity contribution in [3.05, 3.63) is 12.7 Å². The third kappa shape index (κ3) is 5.14. The summed E-state index contributed by atoms with van der Waals surface area (Å²) in [6, 6.07) is 0. The molecule has 18 heavy (non-hydrogen) atoms. The number of hydrogen-bond acceptors (Lipinski definition) is 4. The number of carbonyl (C=O) groups is 2. The molecule has 0 aromatic carbocycles. The van der Waals surface area contributed by atoms with Crippen LogP contribution in [0, 0.1) is 0 Å². The molecule has 0 aliphatic rings. The molecule has 0 N–H and O–H groups in total. The largest absolute Gasteiger partial charge is 0.449 e. The number of rotatable bonds is 6. The fourth-order valence-corrected chi connectivity index (χ4v) is 1.92. The van der Waals surface area contributed by atoms with E-state index in [-0.39, 0.29) is 17.4 Å². The smallest absolute Gasteiger partial charge is 0.330 e. The van der Waals surface area contributed by atoms with Crippen LogP contribution in [0.25, 0.3) is 0 Å². The van der Waals surface area contributed by atoms with Crippen molar-refractivity contribution >= 4 is 20.1 Å². The minimum atomic E-state index is -1.94. The van der Waals surface area contributed by atoms with Crippen molar-refractivity contribution in [3.63, 3.8) is 0 Å². The highest BCUT2D eigenvalue weighted by Crippen LogP contribution is 2.36. The van der Waals surface area contributed by atoms with Gasteiger partial charge in [-0.25, -0.2) is 4.79 Å². The summed E-state index contributed by atoms with van der Waals surface area (Å²) in [6.45, 7) is 15.3. The average Bonchev–Trinajstić information content (AvgIpc) is 2.21. The van der Waals surface area contributed by atoms with E-state index in [2.05, 4.69) is 40.4 Å². The highest BCUT2D eigenvalue weighted by atomic mass is 28.4. The van der Waals surface area contributed by atoms with Gasteiger partial charge in [0.25, 0.3) is 0 Å². The molecule has 0 amide bonds. The van der Waals surface area contributed by atoms with Gasteiger partial charge in [0.15, 0.2) is 20.2 Å². The van der Waals surface area contributed by atoms with E-state index in [9.17, 15) is 9.59 Å². The van der Waals surface area contributed by atoms with Crippen LogP contribution in [0.4, 0.5) is 0 Å². The summed E-state index contributed by atoms with van der Waals surface area (Å²) in [5.41, 5.74) is 0. The number of hydrogen-bond donors (Lipinski definition) is 0. The molecule has 0 unspecified atom stereocenters. The maximum atomic E-state index is 11.4. The van der Waals surface area contributed by atoms with Crippen LogP contribution in [0.5, 0.6) is 0 Å². The van der Waals surface area contributed by atoms with Gasteiger partial charge in [0.05, 0.1) is 6.61 Å². The molecular formula is C13H24O4Si. The molecule has 4 nitrogen and oxygen atoms in total. The molecule has 1 atom stereocenters. The molecule has 0 rings (SSSR count). The van der Waals surface area contributed by atoms with Crippen molar-refractivity contribution < 1.29 is 18.8 Å². The highest BCUT2D eigenvalue weighted by molar-refractivity contribution is 6.74. The molecule has 0 spiro atoms. The maximum absolute atomic E-state index is 11.4. The maximum Gasteiger partial charge on any atom is 0.330 e. The van der Waals surface area contributed by atoms with Gasteiger partial charge in [0, 0.05) is 6.08 Å². The summed E-state index contributed by atoms with van der Waals surface area (Å²) in [4.78, 5) is 22.5. The van der Waals surface area contributed by atoms with E-state index in [0.717, 1.165) is 6.08 Å². The topological polar surface area (TPSA) is 52.6 Å². The Labute approximate surface area is 110 Å². The predicted molar refractivity (Wildman–Crippen MR) is 73.9 cm³/mol. The summed E-state index contributed by atoms with van der Waals surface area (Å²) < 4.78 is 10.8. The van der Waals surface area contributed by atoms with Gasteiger partial charge in [0.1, 0.15) is 0 Å². The quantitative estimate of drug-likeness (QED) is 0.424. The van der Waals surface area contributed by atoms with Gasteiger partial charge in [-0.3, -0.25) is 4.79 Å². The molecule has 0 fully saturated rings. The number of ether oxygens (including phenoxy) is 1. The zero-order valence-corrected chi connectivity index (χ0v) is 13.2. The zero-order valence-electron chi connectivity index (χ0n) is 12.2. The Bertz CT molecular complexity index is 328. The fraction of sp³-hybridized carbons (Fsp3) is 0.692. The van der Waals surface area contributed by atoms with E-state index in [1.54, 1.807) is 0 Å². The predicted octanol–water partition coefficient (Wildman–Crippen LogP) is 2.70. The van der Waals surface area contributed by atoms with Gasteiger partial charge in [-0.1, -0.05) is 27.4 Å². The minimum Gasteiger partial charge on any atom is -0.449 e. The van der Waals surface area contributed by atoms with Crippen molar-refractivity contribution in [1.29, 1.82) is 0 Å². The van der Waals surface area contributed by atoms with Gasteiger partial charge >= 0.3 is 5.97 Å². The van der Waals surface area contributed by atoms with Crippen LogP contribution in [-0.4, -0.2) is 32.8 Å². The van der Waals surface area contributed by atoms with Crippen molar-refractivity contribution in [3.8, 4) is 0 Å². The molecule has 0 saturated heterocycles. The zero-order chi connectivity index (χ0) is 14.6. The summed E-state index contributed by atoms with van der Waals surface area (Å²) in [5.74, 6) is -0.821. The minimum absolute atomic E-state index is 0.0524. The molecule has 0 heterocycles. The van der Waals surface area contributed by atoms with E-state index in [1.807, 2.05) is 0 Å². The normalized spacial score (nSPS) is 13.9. The molecule has 0 radical (unpaired) electrons. The Morgan fingerprint density at radius 3 is 2.17 bits per heavy atom. The van der Waals surface area contributed by atoms with Crippen LogP contribution in [0.1, 0.15) is 27.7 Å². The summed E-state index contributed by atoms with van der Waals surface area (Å²) in [5, 5.41) is 0.0524. The van der Waals surface area contributed by atoms with Crippen molar-refractivity contribution in [1.82, 2.24) is 0 Å². The van der Waals surface area contributed by atoms with Crippen molar-refractivity contribution in [2.24, 2.45) is 0 Å². The second-order valence-electron chi connectivity index (χ2n) is 5.81. The lowest BCUT2D eigenvalue weighted by atomic mass is 10.2. The molecule has 0 aliphatic heterocycles. The van der Waals surface area contributed by atoms with Crippen LogP contribution in [0.3, 0.4) is 0 Å². The molecule has 0 aliphatic carbocycles.